The van der Waals surface area contributed by atoms with E-state index < -0.39 is 29.3 Å². The van der Waals surface area contributed by atoms with Crippen LogP contribution in [0.3, 0.4) is 0 Å². The third-order valence-corrected chi connectivity index (χ3v) is 3.71. The van der Waals surface area contributed by atoms with E-state index in [9.17, 15) is 19.2 Å². The van der Waals surface area contributed by atoms with E-state index in [1.165, 1.54) is 0 Å². The summed E-state index contributed by atoms with van der Waals surface area (Å²) < 4.78 is 8.16. The third kappa shape index (κ3) is 15.0. The van der Waals surface area contributed by atoms with Crippen LogP contribution >= 0.6 is 31.9 Å². The summed E-state index contributed by atoms with van der Waals surface area (Å²) in [5.41, 5.74) is 0. The van der Waals surface area contributed by atoms with Crippen molar-refractivity contribution >= 4 is 56.5 Å². The van der Waals surface area contributed by atoms with Crippen LogP contribution in [0.1, 0.15) is 19.8 Å². The number of aliphatic hydroxyl groups is 2. The fraction of sp³-hybridized carbons (Fsp3) is 0.556. The van der Waals surface area contributed by atoms with E-state index in [4.69, 9.17) is 20.4 Å². The Morgan fingerprint density at radius 2 is 1.36 bits per heavy atom. The molecule has 0 amide bonds. The van der Waals surface area contributed by atoms with Crippen LogP contribution in [0.2, 0.25) is 0 Å². The summed E-state index contributed by atoms with van der Waals surface area (Å²) >= 11 is 5.82. The molecule has 0 aromatic heterocycles. The van der Waals surface area contributed by atoms with E-state index in [0.717, 1.165) is 12.8 Å². The molecule has 0 heterocycles. The maximum absolute atomic E-state index is 10.1. The summed E-state index contributed by atoms with van der Waals surface area (Å²) in [6, 6.07) is 0. The number of hydrogen-bond acceptors (Lipinski definition) is 9. The molecular formula is C9H12Br2O11. The van der Waals surface area contributed by atoms with Crippen molar-refractivity contribution in [3.8, 4) is 0 Å². The number of carboxylic acid groups (broad SMARTS) is 2. The molecule has 13 heteroatoms. The van der Waals surface area contributed by atoms with Gasteiger partial charge in [-0.2, -0.15) is 0 Å². The molecule has 0 aromatic carbocycles. The highest BCUT2D eigenvalue weighted by Gasteiger charge is 2.27. The number of alkyl halides is 2. The molecule has 0 fully saturated rings. The molecule has 0 spiro atoms. The Morgan fingerprint density at radius 3 is 1.55 bits per heavy atom. The summed E-state index contributed by atoms with van der Waals surface area (Å²) in [6.07, 6.45) is -6.17. The minimum atomic E-state index is -2.01. The van der Waals surface area contributed by atoms with Gasteiger partial charge in [-0.25, -0.2) is 19.2 Å². The molecule has 128 valence electrons. The Hall–Kier alpha value is -1.44. The van der Waals surface area contributed by atoms with E-state index in [1.54, 1.807) is 0 Å². The predicted octanol–water partition coefficient (Wildman–Crippen LogP) is 2.22. The van der Waals surface area contributed by atoms with Crippen LogP contribution < -0.4 is 0 Å². The average molecular weight is 456 g/mol. The fourth-order valence-electron chi connectivity index (χ4n) is 0.689. The molecule has 4 N–H and O–H groups in total. The van der Waals surface area contributed by atoms with Crippen LogP contribution in [0.4, 0.5) is 19.2 Å². The summed E-state index contributed by atoms with van der Waals surface area (Å²) in [6.45, 7) is 1.98. The maximum atomic E-state index is 10.1. The molecule has 0 bridgehead atoms. The number of carbonyl (C=O) groups is 4. The molecule has 0 aliphatic heterocycles. The number of ether oxygens (including phenoxy) is 3. The summed E-state index contributed by atoms with van der Waals surface area (Å²) in [5, 5.41) is 33.3. The zero-order chi connectivity index (χ0) is 17.9. The second-order valence-corrected chi connectivity index (χ2v) is 5.50. The van der Waals surface area contributed by atoms with Crippen LogP contribution in [0, 0.1) is 0 Å². The fourth-order valence-corrected chi connectivity index (χ4v) is 1.38. The topological polar surface area (TPSA) is 177 Å². The Morgan fingerprint density at radius 1 is 1.00 bits per heavy atom. The van der Waals surface area contributed by atoms with Gasteiger partial charge in [-0.3, -0.25) is 0 Å². The van der Waals surface area contributed by atoms with Crippen molar-refractivity contribution in [2.75, 3.05) is 0 Å². The van der Waals surface area contributed by atoms with Crippen molar-refractivity contribution in [2.45, 2.75) is 29.3 Å². The van der Waals surface area contributed by atoms with Gasteiger partial charge in [0.2, 0.25) is 4.70 Å². The Bertz CT molecular complexity index is 377. The zero-order valence-corrected chi connectivity index (χ0v) is 14.1. The van der Waals surface area contributed by atoms with Gasteiger partial charge in [0.25, 0.3) is 0 Å². The summed E-state index contributed by atoms with van der Waals surface area (Å²) in [7, 11) is 0. The standard InChI is InChI=1S/C5H10Br2O2.C4H2O9/c1-2-3-4(6)5(7,8)9;5-1(6)11-3(9)13-4(10)12-2(7)8/h4,8-9H,2-3H2,1H3;(H,5,6)(H,7,8). The van der Waals surface area contributed by atoms with Gasteiger partial charge in [0.1, 0.15) is 0 Å². The van der Waals surface area contributed by atoms with Gasteiger partial charge in [-0.15, -0.1) is 0 Å². The lowest BCUT2D eigenvalue weighted by Gasteiger charge is -2.19. The average Bonchev–Trinajstić information content (AvgIpc) is 2.25. The first-order valence-corrected chi connectivity index (χ1v) is 6.96. The molecule has 1 atom stereocenters. The van der Waals surface area contributed by atoms with Gasteiger partial charge in [-0.05, 0) is 22.4 Å². The number of carbonyl (C=O) groups excluding carboxylic acids is 2. The Labute approximate surface area is 140 Å². The Balaban J connectivity index is 0. The molecule has 0 aliphatic rings. The first-order chi connectivity index (χ1) is 9.89. The molecule has 1 unspecified atom stereocenters. The van der Waals surface area contributed by atoms with Crippen molar-refractivity contribution in [2.24, 2.45) is 0 Å². The first kappa shape index (κ1) is 22.8. The zero-order valence-electron chi connectivity index (χ0n) is 10.9. The van der Waals surface area contributed by atoms with Gasteiger partial charge >= 0.3 is 24.6 Å². The van der Waals surface area contributed by atoms with Gasteiger partial charge < -0.3 is 34.6 Å². The van der Waals surface area contributed by atoms with E-state index >= 15 is 0 Å². The lowest BCUT2D eigenvalue weighted by atomic mass is 10.2. The third-order valence-electron chi connectivity index (χ3n) is 1.45. The molecule has 0 saturated heterocycles. The van der Waals surface area contributed by atoms with Gasteiger partial charge in [-0.1, -0.05) is 29.3 Å². The second kappa shape index (κ2) is 11.2. The van der Waals surface area contributed by atoms with Crippen LogP contribution in [-0.2, 0) is 14.2 Å². The predicted molar refractivity (Wildman–Crippen MR) is 73.8 cm³/mol. The number of hydrogen-bond donors (Lipinski definition) is 4. The highest BCUT2D eigenvalue weighted by atomic mass is 79.9. The summed E-state index contributed by atoms with van der Waals surface area (Å²) in [4.78, 5) is 39.2. The number of rotatable bonds is 3. The largest absolute Gasteiger partial charge is 0.528 e. The Kier molecular flexibility index (Phi) is 11.6. The summed E-state index contributed by atoms with van der Waals surface area (Å²) in [5.74, 6) is 0. The molecule has 0 aromatic rings. The molecule has 11 nitrogen and oxygen atoms in total. The van der Waals surface area contributed by atoms with Crippen LogP contribution in [0.25, 0.3) is 0 Å². The van der Waals surface area contributed by atoms with Crippen LogP contribution in [-0.4, -0.2) is 54.6 Å². The van der Waals surface area contributed by atoms with Gasteiger partial charge in [0, 0.05) is 0 Å². The highest BCUT2D eigenvalue weighted by Crippen LogP contribution is 2.25. The smallest absolute Gasteiger partial charge is 0.449 e. The van der Waals surface area contributed by atoms with Crippen LogP contribution in [0.15, 0.2) is 0 Å². The molecule has 0 rings (SSSR count). The van der Waals surface area contributed by atoms with Crippen LogP contribution in [0.5, 0.6) is 0 Å². The second-order valence-electron chi connectivity index (χ2n) is 3.23. The monoisotopic (exact) mass is 454 g/mol. The van der Waals surface area contributed by atoms with Crippen molar-refractivity contribution in [3.63, 3.8) is 0 Å². The van der Waals surface area contributed by atoms with E-state index in [0.29, 0.717) is 0 Å². The minimum absolute atomic E-state index is 0.296. The maximum Gasteiger partial charge on any atom is 0.528 e. The SMILES string of the molecule is CCCC(Br)C(O)(O)Br.O=C(O)OC(=O)OC(=O)OC(=O)O. The molecule has 22 heavy (non-hydrogen) atoms. The van der Waals surface area contributed by atoms with Crippen molar-refractivity contribution < 1.29 is 53.8 Å². The lowest BCUT2D eigenvalue weighted by Crippen LogP contribution is -2.30. The molecule has 0 saturated carbocycles. The van der Waals surface area contributed by atoms with Crippen molar-refractivity contribution in [1.82, 2.24) is 0 Å². The van der Waals surface area contributed by atoms with Crippen molar-refractivity contribution in [3.05, 3.63) is 0 Å². The van der Waals surface area contributed by atoms with Gasteiger partial charge in [0.05, 0.1) is 4.83 Å². The quantitative estimate of drug-likeness (QED) is 0.212. The normalized spacial score (nSPS) is 11.3. The van der Waals surface area contributed by atoms with E-state index in [1.807, 2.05) is 6.92 Å². The highest BCUT2D eigenvalue weighted by molar-refractivity contribution is 9.12. The van der Waals surface area contributed by atoms with E-state index in [-0.39, 0.29) is 4.83 Å². The molecular weight excluding hydrogens is 444 g/mol. The van der Waals surface area contributed by atoms with E-state index in [2.05, 4.69) is 46.1 Å². The number of halogens is 2. The first-order valence-electron chi connectivity index (χ1n) is 5.25. The molecule has 0 radical (unpaired) electrons. The molecule has 0 aliphatic carbocycles. The van der Waals surface area contributed by atoms with Crippen molar-refractivity contribution in [1.29, 1.82) is 0 Å². The minimum Gasteiger partial charge on any atom is -0.449 e. The van der Waals surface area contributed by atoms with Gasteiger partial charge in [0.15, 0.2) is 0 Å². The lowest BCUT2D eigenvalue weighted by molar-refractivity contribution is -0.0685.